The first-order valence-corrected chi connectivity index (χ1v) is 10.6. The SMILES string of the molecule is c1cn(CCN2CCN(c3ccc4ncnc(OC5CCCC5)c4c3)CC2)nn1. The number of hydrogen-bond acceptors (Lipinski definition) is 7. The van der Waals surface area contributed by atoms with E-state index in [9.17, 15) is 0 Å². The van der Waals surface area contributed by atoms with Crippen molar-refractivity contribution < 1.29 is 4.74 Å². The predicted molar refractivity (Wildman–Crippen MR) is 111 cm³/mol. The molecule has 5 rings (SSSR count). The molecule has 152 valence electrons. The maximum absolute atomic E-state index is 6.22. The first-order chi connectivity index (χ1) is 14.3. The van der Waals surface area contributed by atoms with Crippen LogP contribution < -0.4 is 9.64 Å². The average molecular weight is 393 g/mol. The van der Waals surface area contributed by atoms with Crippen LogP contribution in [-0.2, 0) is 6.54 Å². The minimum Gasteiger partial charge on any atom is -0.474 e. The molecule has 1 aromatic carbocycles. The highest BCUT2D eigenvalue weighted by Crippen LogP contribution is 2.30. The number of nitrogens with zero attached hydrogens (tertiary/aromatic N) is 7. The van der Waals surface area contributed by atoms with Crippen LogP contribution in [-0.4, -0.2) is 68.7 Å². The van der Waals surface area contributed by atoms with Gasteiger partial charge >= 0.3 is 0 Å². The third-order valence-corrected chi connectivity index (χ3v) is 6.02. The van der Waals surface area contributed by atoms with E-state index in [2.05, 4.69) is 48.3 Å². The second-order valence-corrected chi connectivity index (χ2v) is 7.90. The molecule has 1 aliphatic carbocycles. The van der Waals surface area contributed by atoms with Crippen molar-refractivity contribution in [2.45, 2.75) is 38.3 Å². The molecule has 2 aliphatic rings. The lowest BCUT2D eigenvalue weighted by molar-refractivity contribution is 0.204. The van der Waals surface area contributed by atoms with Crippen molar-refractivity contribution in [2.75, 3.05) is 37.6 Å². The summed E-state index contributed by atoms with van der Waals surface area (Å²) in [5.74, 6) is 0.732. The van der Waals surface area contributed by atoms with Gasteiger partial charge in [0, 0.05) is 44.6 Å². The molecular formula is C21H27N7O. The summed E-state index contributed by atoms with van der Waals surface area (Å²) in [5.41, 5.74) is 2.17. The van der Waals surface area contributed by atoms with Gasteiger partial charge in [-0.05, 0) is 43.9 Å². The van der Waals surface area contributed by atoms with Gasteiger partial charge in [-0.25, -0.2) is 9.97 Å². The molecule has 1 saturated carbocycles. The maximum atomic E-state index is 6.22. The zero-order chi connectivity index (χ0) is 19.5. The lowest BCUT2D eigenvalue weighted by Gasteiger charge is -2.36. The Kier molecular flexibility index (Phi) is 5.25. The number of aromatic nitrogens is 5. The zero-order valence-electron chi connectivity index (χ0n) is 16.7. The largest absolute Gasteiger partial charge is 0.474 e. The molecule has 0 spiro atoms. The van der Waals surface area contributed by atoms with Gasteiger partial charge in [0.1, 0.15) is 12.4 Å². The molecule has 0 radical (unpaired) electrons. The van der Waals surface area contributed by atoms with E-state index in [1.165, 1.54) is 18.5 Å². The average Bonchev–Trinajstić information content (AvgIpc) is 3.47. The summed E-state index contributed by atoms with van der Waals surface area (Å²) in [7, 11) is 0. The van der Waals surface area contributed by atoms with Crippen LogP contribution in [0.25, 0.3) is 10.9 Å². The molecule has 8 nitrogen and oxygen atoms in total. The van der Waals surface area contributed by atoms with Gasteiger partial charge in [0.25, 0.3) is 0 Å². The summed E-state index contributed by atoms with van der Waals surface area (Å²) < 4.78 is 8.11. The van der Waals surface area contributed by atoms with Crippen LogP contribution in [0.3, 0.4) is 0 Å². The molecule has 3 heterocycles. The van der Waals surface area contributed by atoms with Crippen molar-refractivity contribution in [3.8, 4) is 5.88 Å². The smallest absolute Gasteiger partial charge is 0.224 e. The summed E-state index contributed by atoms with van der Waals surface area (Å²) in [4.78, 5) is 13.8. The van der Waals surface area contributed by atoms with Gasteiger partial charge in [-0.15, -0.1) is 5.10 Å². The van der Waals surface area contributed by atoms with Crippen LogP contribution in [0.2, 0.25) is 0 Å². The second-order valence-electron chi connectivity index (χ2n) is 7.90. The highest BCUT2D eigenvalue weighted by Gasteiger charge is 2.20. The predicted octanol–water partition coefficient (Wildman–Crippen LogP) is 2.36. The molecule has 0 N–H and O–H groups in total. The molecule has 1 aliphatic heterocycles. The Balaban J connectivity index is 1.25. The van der Waals surface area contributed by atoms with E-state index < -0.39 is 0 Å². The van der Waals surface area contributed by atoms with Crippen molar-refractivity contribution in [3.05, 3.63) is 36.9 Å². The Morgan fingerprint density at radius 3 is 2.66 bits per heavy atom. The molecule has 2 fully saturated rings. The van der Waals surface area contributed by atoms with Crippen molar-refractivity contribution in [1.82, 2.24) is 29.9 Å². The Morgan fingerprint density at radius 2 is 1.86 bits per heavy atom. The first kappa shape index (κ1) is 18.3. The fourth-order valence-electron chi connectivity index (χ4n) is 4.30. The van der Waals surface area contributed by atoms with E-state index in [0.29, 0.717) is 6.10 Å². The quantitative estimate of drug-likeness (QED) is 0.637. The third-order valence-electron chi connectivity index (χ3n) is 6.02. The van der Waals surface area contributed by atoms with Crippen molar-refractivity contribution >= 4 is 16.6 Å². The van der Waals surface area contributed by atoms with E-state index in [1.54, 1.807) is 12.5 Å². The number of piperazine rings is 1. The summed E-state index contributed by atoms with van der Waals surface area (Å²) in [6.45, 7) is 6.00. The van der Waals surface area contributed by atoms with Crippen LogP contribution in [0, 0.1) is 0 Å². The third kappa shape index (κ3) is 4.17. The fourth-order valence-corrected chi connectivity index (χ4v) is 4.30. The number of hydrogen-bond donors (Lipinski definition) is 0. The molecule has 8 heteroatoms. The van der Waals surface area contributed by atoms with Gasteiger partial charge in [0.2, 0.25) is 5.88 Å². The van der Waals surface area contributed by atoms with Crippen LogP contribution >= 0.6 is 0 Å². The summed E-state index contributed by atoms with van der Waals surface area (Å²) >= 11 is 0. The van der Waals surface area contributed by atoms with Crippen molar-refractivity contribution in [1.29, 1.82) is 0 Å². The number of rotatable bonds is 6. The minimum atomic E-state index is 0.297. The van der Waals surface area contributed by atoms with Gasteiger partial charge in [0.15, 0.2) is 0 Å². The Morgan fingerprint density at radius 1 is 1.00 bits per heavy atom. The minimum absolute atomic E-state index is 0.297. The monoisotopic (exact) mass is 393 g/mol. The first-order valence-electron chi connectivity index (χ1n) is 10.6. The standard InChI is InChI=1S/C21H27N7O/c1-2-4-18(3-1)29-21-19-15-17(5-6-20(19)22-16-23-21)27-12-9-26(10-13-27)11-14-28-8-7-24-25-28/h5-8,15-16,18H,1-4,9-14H2. The van der Waals surface area contributed by atoms with E-state index in [0.717, 1.165) is 68.9 Å². The zero-order valence-corrected chi connectivity index (χ0v) is 16.7. The van der Waals surface area contributed by atoms with Gasteiger partial charge < -0.3 is 9.64 Å². The molecule has 0 atom stereocenters. The number of benzene rings is 1. The Hall–Kier alpha value is -2.74. The lowest BCUT2D eigenvalue weighted by atomic mass is 10.2. The number of ether oxygens (including phenoxy) is 1. The van der Waals surface area contributed by atoms with Crippen LogP contribution in [0.1, 0.15) is 25.7 Å². The topological polar surface area (TPSA) is 72.2 Å². The van der Waals surface area contributed by atoms with Gasteiger partial charge in [-0.2, -0.15) is 0 Å². The van der Waals surface area contributed by atoms with Crippen molar-refractivity contribution in [3.63, 3.8) is 0 Å². The van der Waals surface area contributed by atoms with E-state index in [1.807, 2.05) is 10.9 Å². The number of fused-ring (bicyclic) bond motifs is 1. The van der Waals surface area contributed by atoms with E-state index >= 15 is 0 Å². The highest BCUT2D eigenvalue weighted by atomic mass is 16.5. The fraction of sp³-hybridized carbons (Fsp3) is 0.524. The molecule has 29 heavy (non-hydrogen) atoms. The van der Waals surface area contributed by atoms with Crippen LogP contribution in [0.5, 0.6) is 5.88 Å². The van der Waals surface area contributed by atoms with Gasteiger partial charge in [-0.1, -0.05) is 5.21 Å². The molecule has 2 aromatic heterocycles. The molecule has 1 saturated heterocycles. The normalized spacial score (nSPS) is 18.6. The number of anilines is 1. The molecular weight excluding hydrogens is 366 g/mol. The maximum Gasteiger partial charge on any atom is 0.224 e. The summed E-state index contributed by atoms with van der Waals surface area (Å²) in [6, 6.07) is 6.45. The lowest BCUT2D eigenvalue weighted by Crippen LogP contribution is -2.47. The molecule has 3 aromatic rings. The second kappa shape index (κ2) is 8.32. The van der Waals surface area contributed by atoms with E-state index in [4.69, 9.17) is 4.74 Å². The molecule has 0 bridgehead atoms. The molecule has 0 unspecified atom stereocenters. The van der Waals surface area contributed by atoms with Gasteiger partial charge in [0.05, 0.1) is 23.6 Å². The summed E-state index contributed by atoms with van der Waals surface area (Å²) in [5, 5.41) is 8.93. The molecule has 0 amide bonds. The van der Waals surface area contributed by atoms with Gasteiger partial charge in [-0.3, -0.25) is 9.58 Å². The highest BCUT2D eigenvalue weighted by molar-refractivity contribution is 5.86. The van der Waals surface area contributed by atoms with Crippen LogP contribution in [0.4, 0.5) is 5.69 Å². The Labute approximate surface area is 170 Å². The summed E-state index contributed by atoms with van der Waals surface area (Å²) in [6.07, 6.45) is 10.3. The van der Waals surface area contributed by atoms with E-state index in [-0.39, 0.29) is 0 Å². The Bertz CT molecular complexity index is 931. The van der Waals surface area contributed by atoms with Crippen LogP contribution in [0.15, 0.2) is 36.9 Å². The van der Waals surface area contributed by atoms with Crippen molar-refractivity contribution in [2.24, 2.45) is 0 Å².